The van der Waals surface area contributed by atoms with Crippen molar-refractivity contribution in [3.63, 3.8) is 0 Å². The molecule has 2 aromatic heterocycles. The van der Waals surface area contributed by atoms with E-state index in [1.54, 1.807) is 6.33 Å². The maximum absolute atomic E-state index is 6.16. The molecule has 106 valence electrons. The molecule has 0 unspecified atom stereocenters. The number of hydrogen-bond donors (Lipinski definition) is 1. The van der Waals surface area contributed by atoms with Gasteiger partial charge in [-0.3, -0.25) is 0 Å². The molecule has 4 rings (SSSR count). The number of hydrogen-bond acceptors (Lipinski definition) is 3. The van der Waals surface area contributed by atoms with Crippen LogP contribution in [-0.2, 0) is 4.74 Å². The quantitative estimate of drug-likeness (QED) is 0.914. The normalized spacial score (nSPS) is 24.8. The van der Waals surface area contributed by atoms with Crippen molar-refractivity contribution in [2.75, 3.05) is 6.61 Å². The Labute approximate surface area is 118 Å². The lowest BCUT2D eigenvalue weighted by Gasteiger charge is -2.21. The van der Waals surface area contributed by atoms with E-state index in [0.29, 0.717) is 6.04 Å². The summed E-state index contributed by atoms with van der Waals surface area (Å²) in [5, 5.41) is 0. The smallest absolute Gasteiger partial charge is 0.160 e. The number of rotatable bonds is 2. The lowest BCUT2D eigenvalue weighted by Crippen LogP contribution is -2.23. The van der Waals surface area contributed by atoms with Gasteiger partial charge >= 0.3 is 0 Å². The number of aromatic nitrogens is 4. The third-order valence-electron chi connectivity index (χ3n) is 4.81. The second-order valence-electron chi connectivity index (χ2n) is 6.09. The molecule has 1 aliphatic heterocycles. The van der Waals surface area contributed by atoms with Gasteiger partial charge in [-0.2, -0.15) is 0 Å². The van der Waals surface area contributed by atoms with Gasteiger partial charge in [0, 0.05) is 18.1 Å². The zero-order valence-electron chi connectivity index (χ0n) is 11.8. The van der Waals surface area contributed by atoms with Crippen LogP contribution in [0.5, 0.6) is 0 Å². The summed E-state index contributed by atoms with van der Waals surface area (Å²) in [4.78, 5) is 12.0. The van der Waals surface area contributed by atoms with Gasteiger partial charge in [0.2, 0.25) is 0 Å². The first-order valence-electron chi connectivity index (χ1n) is 7.45. The van der Waals surface area contributed by atoms with Crippen LogP contribution in [0.15, 0.2) is 18.7 Å². The number of imidazole rings is 2. The van der Waals surface area contributed by atoms with Gasteiger partial charge in [0.15, 0.2) is 5.82 Å². The van der Waals surface area contributed by atoms with E-state index in [1.165, 1.54) is 25.7 Å². The van der Waals surface area contributed by atoms with Crippen molar-refractivity contribution in [3.8, 4) is 11.5 Å². The molecule has 1 spiro atoms. The van der Waals surface area contributed by atoms with Crippen molar-refractivity contribution in [2.24, 2.45) is 0 Å². The van der Waals surface area contributed by atoms with Crippen molar-refractivity contribution in [1.29, 1.82) is 0 Å². The molecular formula is C15H20N4O. The second-order valence-corrected chi connectivity index (χ2v) is 6.09. The highest BCUT2D eigenvalue weighted by Gasteiger charge is 2.43. The Kier molecular flexibility index (Phi) is 2.70. The predicted octanol–water partition coefficient (Wildman–Crippen LogP) is 2.86. The fraction of sp³-hybridized carbons (Fsp3) is 0.600. The van der Waals surface area contributed by atoms with E-state index in [2.05, 4.69) is 25.7 Å². The Morgan fingerprint density at radius 2 is 2.20 bits per heavy atom. The van der Waals surface area contributed by atoms with Gasteiger partial charge in [-0.25, -0.2) is 9.97 Å². The van der Waals surface area contributed by atoms with Crippen LogP contribution < -0.4 is 0 Å². The molecule has 1 N–H and O–H groups in total. The highest BCUT2D eigenvalue weighted by molar-refractivity contribution is 5.53. The summed E-state index contributed by atoms with van der Waals surface area (Å²) in [6.07, 6.45) is 11.8. The van der Waals surface area contributed by atoms with E-state index in [4.69, 9.17) is 4.74 Å². The van der Waals surface area contributed by atoms with Crippen LogP contribution in [0.1, 0.15) is 43.8 Å². The Bertz CT molecular complexity index is 609. The molecule has 0 radical (unpaired) electrons. The molecule has 2 aromatic rings. The molecule has 2 fully saturated rings. The predicted molar refractivity (Wildman–Crippen MR) is 75.4 cm³/mol. The van der Waals surface area contributed by atoms with Crippen molar-refractivity contribution < 1.29 is 4.74 Å². The molecule has 5 nitrogen and oxygen atoms in total. The molecule has 5 heteroatoms. The monoisotopic (exact) mass is 272 g/mol. The van der Waals surface area contributed by atoms with Gasteiger partial charge in [-0.15, -0.1) is 0 Å². The molecular weight excluding hydrogens is 252 g/mol. The topological polar surface area (TPSA) is 55.7 Å². The maximum Gasteiger partial charge on any atom is 0.160 e. The third-order valence-corrected chi connectivity index (χ3v) is 4.81. The summed E-state index contributed by atoms with van der Waals surface area (Å²) in [6.45, 7) is 2.83. The van der Waals surface area contributed by atoms with E-state index >= 15 is 0 Å². The lowest BCUT2D eigenvalue weighted by molar-refractivity contribution is 0.00960. The zero-order chi connectivity index (χ0) is 13.6. The minimum atomic E-state index is 0.146. The molecule has 1 saturated carbocycles. The fourth-order valence-electron chi connectivity index (χ4n) is 3.74. The number of aryl methyl sites for hydroxylation is 1. The summed E-state index contributed by atoms with van der Waals surface area (Å²) in [6, 6.07) is 0.390. The summed E-state index contributed by atoms with van der Waals surface area (Å²) < 4.78 is 8.41. The average Bonchev–Trinajstić information content (AvgIpc) is 3.19. The van der Waals surface area contributed by atoms with Crippen molar-refractivity contribution in [2.45, 2.75) is 50.7 Å². The minimum absolute atomic E-state index is 0.146. The zero-order valence-corrected chi connectivity index (χ0v) is 11.8. The molecule has 0 amide bonds. The molecule has 1 saturated heterocycles. The Balaban J connectivity index is 1.64. The number of nitrogens with zero attached hydrogens (tertiary/aromatic N) is 3. The maximum atomic E-state index is 6.16. The van der Waals surface area contributed by atoms with Gasteiger partial charge in [-0.05, 0) is 26.2 Å². The Hall–Kier alpha value is -1.62. The number of nitrogens with one attached hydrogen (secondary N) is 1. The molecule has 2 aliphatic rings. The van der Waals surface area contributed by atoms with E-state index in [-0.39, 0.29) is 5.60 Å². The standard InChI is InChI=1S/C15H20N4O/c1-11-13(18-10-17-11)14-16-6-7-19(14)12-8-15(20-9-12)4-2-3-5-15/h6-7,10,12H,2-5,8-9H2,1H3,(H,17,18)/t12-/m0/s1. The third kappa shape index (κ3) is 1.80. The van der Waals surface area contributed by atoms with Crippen LogP contribution in [0.4, 0.5) is 0 Å². The molecule has 3 heterocycles. The van der Waals surface area contributed by atoms with E-state index in [9.17, 15) is 0 Å². The number of ether oxygens (including phenoxy) is 1. The first-order valence-corrected chi connectivity index (χ1v) is 7.45. The highest BCUT2D eigenvalue weighted by atomic mass is 16.5. The van der Waals surface area contributed by atoms with Crippen molar-refractivity contribution >= 4 is 0 Å². The fourth-order valence-corrected chi connectivity index (χ4v) is 3.74. The molecule has 20 heavy (non-hydrogen) atoms. The van der Waals surface area contributed by atoms with Gasteiger partial charge < -0.3 is 14.3 Å². The van der Waals surface area contributed by atoms with Crippen LogP contribution in [0.2, 0.25) is 0 Å². The van der Waals surface area contributed by atoms with E-state index in [1.807, 2.05) is 13.1 Å². The van der Waals surface area contributed by atoms with Crippen molar-refractivity contribution in [1.82, 2.24) is 19.5 Å². The number of aromatic amines is 1. The summed E-state index contributed by atoms with van der Waals surface area (Å²) >= 11 is 0. The Morgan fingerprint density at radius 1 is 1.35 bits per heavy atom. The van der Waals surface area contributed by atoms with Crippen LogP contribution in [0.3, 0.4) is 0 Å². The average molecular weight is 272 g/mol. The summed E-state index contributed by atoms with van der Waals surface area (Å²) in [7, 11) is 0. The van der Waals surface area contributed by atoms with Gasteiger partial charge in [-0.1, -0.05) is 12.8 Å². The molecule has 1 aliphatic carbocycles. The molecule has 1 atom stereocenters. The van der Waals surface area contributed by atoms with Crippen LogP contribution >= 0.6 is 0 Å². The first-order chi connectivity index (χ1) is 9.77. The van der Waals surface area contributed by atoms with Gasteiger partial charge in [0.05, 0.1) is 24.6 Å². The SMILES string of the molecule is Cc1[nH]cnc1-c1nccn1[C@@H]1COC2(CCCC2)C1. The van der Waals surface area contributed by atoms with E-state index < -0.39 is 0 Å². The van der Waals surface area contributed by atoms with E-state index in [0.717, 1.165) is 30.2 Å². The molecule has 0 bridgehead atoms. The van der Waals surface area contributed by atoms with Gasteiger partial charge in [0.25, 0.3) is 0 Å². The summed E-state index contributed by atoms with van der Waals surface area (Å²) in [5.74, 6) is 0.951. The number of H-pyrrole nitrogens is 1. The lowest BCUT2D eigenvalue weighted by atomic mass is 9.96. The van der Waals surface area contributed by atoms with Gasteiger partial charge in [0.1, 0.15) is 5.69 Å². The second kappa shape index (κ2) is 4.45. The van der Waals surface area contributed by atoms with Crippen LogP contribution in [0, 0.1) is 6.92 Å². The van der Waals surface area contributed by atoms with Crippen LogP contribution in [0.25, 0.3) is 11.5 Å². The first kappa shape index (κ1) is 12.1. The Morgan fingerprint density at radius 3 is 2.95 bits per heavy atom. The molecule has 0 aromatic carbocycles. The highest BCUT2D eigenvalue weighted by Crippen LogP contribution is 2.45. The van der Waals surface area contributed by atoms with Crippen LogP contribution in [-0.4, -0.2) is 31.7 Å². The summed E-state index contributed by atoms with van der Waals surface area (Å²) in [5.41, 5.74) is 2.15. The largest absolute Gasteiger partial charge is 0.373 e. The minimum Gasteiger partial charge on any atom is -0.373 e. The van der Waals surface area contributed by atoms with Crippen molar-refractivity contribution in [3.05, 3.63) is 24.4 Å².